The van der Waals surface area contributed by atoms with Crippen LogP contribution in [-0.4, -0.2) is 62.2 Å². The third kappa shape index (κ3) is 4.92. The number of hydrogen-bond donors (Lipinski definition) is 3. The molecule has 1 aromatic carbocycles. The minimum Gasteiger partial charge on any atom is -0.345 e. The van der Waals surface area contributed by atoms with E-state index < -0.39 is 11.7 Å². The maximum atomic E-state index is 13.4. The van der Waals surface area contributed by atoms with Gasteiger partial charge in [0.1, 0.15) is 17.3 Å². The average Bonchev–Trinajstić information content (AvgIpc) is 3.33. The first-order chi connectivity index (χ1) is 17.8. The van der Waals surface area contributed by atoms with E-state index in [-0.39, 0.29) is 23.3 Å². The molecule has 0 spiro atoms. The minimum atomic E-state index is -0.588. The maximum Gasteiger partial charge on any atom is 0.295 e. The van der Waals surface area contributed by atoms with Gasteiger partial charge >= 0.3 is 0 Å². The predicted octanol–water partition coefficient (Wildman–Crippen LogP) is 4.03. The largest absolute Gasteiger partial charge is 0.345 e. The van der Waals surface area contributed by atoms with Gasteiger partial charge in [0.15, 0.2) is 5.82 Å². The molecule has 0 aliphatic carbocycles. The fourth-order valence-corrected chi connectivity index (χ4v) is 4.49. The summed E-state index contributed by atoms with van der Waals surface area (Å²) >= 11 is 0. The molecule has 1 unspecified atom stereocenters. The van der Waals surface area contributed by atoms with Crippen LogP contribution in [0.5, 0.6) is 0 Å². The van der Waals surface area contributed by atoms with E-state index in [1.165, 1.54) is 18.3 Å². The Balaban J connectivity index is 1.53. The zero-order valence-electron chi connectivity index (χ0n) is 20.9. The SMILES string of the molecule is CC1CN(C(=O)C(=O)c2c[nH]c3nccc(Nc4nc(-c5ccc(F)cc5)ncc4C(C)C)c23)CCN1. The van der Waals surface area contributed by atoms with E-state index >= 15 is 0 Å². The number of carbonyl (C=O) groups is 2. The van der Waals surface area contributed by atoms with Crippen LogP contribution in [0.1, 0.15) is 42.6 Å². The van der Waals surface area contributed by atoms with Crippen LogP contribution < -0.4 is 10.6 Å². The first-order valence-electron chi connectivity index (χ1n) is 12.2. The van der Waals surface area contributed by atoms with Crippen molar-refractivity contribution in [1.82, 2.24) is 30.2 Å². The van der Waals surface area contributed by atoms with Crippen LogP contribution in [0, 0.1) is 5.82 Å². The molecule has 0 saturated carbocycles. The van der Waals surface area contributed by atoms with Gasteiger partial charge in [-0.1, -0.05) is 13.8 Å². The number of amides is 1. The van der Waals surface area contributed by atoms with Gasteiger partial charge in [0.2, 0.25) is 0 Å². The third-order valence-corrected chi connectivity index (χ3v) is 6.46. The topological polar surface area (TPSA) is 116 Å². The Labute approximate surface area is 213 Å². The predicted molar refractivity (Wildman–Crippen MR) is 139 cm³/mol. The Morgan fingerprint density at radius 3 is 2.68 bits per heavy atom. The number of pyridine rings is 1. The molecule has 0 radical (unpaired) electrons. The normalized spacial score (nSPS) is 15.8. The summed E-state index contributed by atoms with van der Waals surface area (Å²) in [5, 5.41) is 7.15. The highest BCUT2D eigenvalue weighted by molar-refractivity contribution is 6.45. The number of rotatable bonds is 6. The average molecular weight is 502 g/mol. The molecular formula is C27H28FN7O2. The number of aromatic nitrogens is 4. The number of nitrogens with zero attached hydrogens (tertiary/aromatic N) is 4. The highest BCUT2D eigenvalue weighted by Gasteiger charge is 2.29. The lowest BCUT2D eigenvalue weighted by molar-refractivity contribution is -0.127. The Bertz CT molecular complexity index is 1470. The fourth-order valence-electron chi connectivity index (χ4n) is 4.49. The lowest BCUT2D eigenvalue weighted by atomic mass is 10.0. The summed E-state index contributed by atoms with van der Waals surface area (Å²) in [4.78, 5) is 44.6. The van der Waals surface area contributed by atoms with E-state index in [2.05, 4.69) is 25.6 Å². The summed E-state index contributed by atoms with van der Waals surface area (Å²) < 4.78 is 13.4. The van der Waals surface area contributed by atoms with E-state index in [0.29, 0.717) is 53.6 Å². The van der Waals surface area contributed by atoms with Gasteiger partial charge in [0.25, 0.3) is 11.7 Å². The van der Waals surface area contributed by atoms with Crippen molar-refractivity contribution in [3.05, 3.63) is 65.9 Å². The molecule has 4 aromatic rings. The molecule has 4 heterocycles. The van der Waals surface area contributed by atoms with Crippen molar-refractivity contribution < 1.29 is 14.0 Å². The third-order valence-electron chi connectivity index (χ3n) is 6.46. The summed E-state index contributed by atoms with van der Waals surface area (Å²) in [6.45, 7) is 7.64. The molecule has 190 valence electrons. The number of H-pyrrole nitrogens is 1. The van der Waals surface area contributed by atoms with Crippen LogP contribution in [-0.2, 0) is 4.79 Å². The number of aromatic amines is 1. The molecule has 1 aliphatic rings. The van der Waals surface area contributed by atoms with Crippen molar-refractivity contribution in [3.63, 3.8) is 0 Å². The first-order valence-corrected chi connectivity index (χ1v) is 12.2. The molecule has 0 bridgehead atoms. The van der Waals surface area contributed by atoms with Gasteiger partial charge in [-0.3, -0.25) is 9.59 Å². The maximum absolute atomic E-state index is 13.4. The van der Waals surface area contributed by atoms with E-state index in [1.807, 2.05) is 20.8 Å². The van der Waals surface area contributed by atoms with Gasteiger partial charge in [0.05, 0.1) is 16.6 Å². The van der Waals surface area contributed by atoms with Gasteiger partial charge in [-0.2, -0.15) is 0 Å². The molecule has 1 aliphatic heterocycles. The number of fused-ring (bicyclic) bond motifs is 1. The molecule has 10 heteroatoms. The summed E-state index contributed by atoms with van der Waals surface area (Å²) in [6, 6.07) is 7.84. The van der Waals surface area contributed by atoms with Crippen molar-refractivity contribution in [3.8, 4) is 11.4 Å². The Hall–Kier alpha value is -4.18. The van der Waals surface area contributed by atoms with E-state index in [0.717, 1.165) is 5.56 Å². The smallest absolute Gasteiger partial charge is 0.295 e. The van der Waals surface area contributed by atoms with Crippen LogP contribution in [0.2, 0.25) is 0 Å². The zero-order chi connectivity index (χ0) is 26.1. The second kappa shape index (κ2) is 10.1. The molecule has 9 nitrogen and oxygen atoms in total. The van der Waals surface area contributed by atoms with Gasteiger partial charge in [-0.05, 0) is 43.2 Å². The summed E-state index contributed by atoms with van der Waals surface area (Å²) in [6.07, 6.45) is 4.89. The fraction of sp³-hybridized carbons (Fsp3) is 0.296. The van der Waals surface area contributed by atoms with Crippen molar-refractivity contribution in [2.45, 2.75) is 32.7 Å². The van der Waals surface area contributed by atoms with Crippen LogP contribution in [0.15, 0.2) is 48.9 Å². The van der Waals surface area contributed by atoms with Crippen molar-refractivity contribution in [2.24, 2.45) is 0 Å². The molecule has 3 aromatic heterocycles. The summed E-state index contributed by atoms with van der Waals surface area (Å²) in [5.74, 6) is -0.368. The van der Waals surface area contributed by atoms with Crippen molar-refractivity contribution >= 4 is 34.2 Å². The summed E-state index contributed by atoms with van der Waals surface area (Å²) in [7, 11) is 0. The van der Waals surface area contributed by atoms with Crippen molar-refractivity contribution in [1.29, 1.82) is 0 Å². The number of nitrogens with one attached hydrogen (secondary N) is 3. The highest BCUT2D eigenvalue weighted by atomic mass is 19.1. The number of halogens is 1. The van der Waals surface area contributed by atoms with Gasteiger partial charge in [-0.25, -0.2) is 19.3 Å². The number of Topliss-reactive ketones (excluding diaryl/α,β-unsaturated/α-hetero) is 1. The lowest BCUT2D eigenvalue weighted by Crippen LogP contribution is -2.53. The number of carbonyl (C=O) groups excluding carboxylic acids is 2. The van der Waals surface area contributed by atoms with Gasteiger partial charge in [-0.15, -0.1) is 0 Å². The van der Waals surface area contributed by atoms with E-state index in [9.17, 15) is 14.0 Å². The summed E-state index contributed by atoms with van der Waals surface area (Å²) in [5.41, 5.74) is 2.86. The van der Waals surface area contributed by atoms with E-state index in [4.69, 9.17) is 4.98 Å². The number of benzene rings is 1. The molecule has 1 atom stereocenters. The monoisotopic (exact) mass is 501 g/mol. The Morgan fingerprint density at radius 2 is 1.95 bits per heavy atom. The Morgan fingerprint density at radius 1 is 1.16 bits per heavy atom. The molecular weight excluding hydrogens is 473 g/mol. The van der Waals surface area contributed by atoms with E-state index in [1.54, 1.807) is 35.5 Å². The molecule has 5 rings (SSSR count). The first kappa shape index (κ1) is 24.5. The Kier molecular flexibility index (Phi) is 6.66. The number of hydrogen-bond acceptors (Lipinski definition) is 7. The number of piperazine rings is 1. The van der Waals surface area contributed by atoms with Crippen LogP contribution in [0.4, 0.5) is 15.9 Å². The number of ketones is 1. The van der Waals surface area contributed by atoms with Gasteiger partial charge < -0.3 is 20.5 Å². The highest BCUT2D eigenvalue weighted by Crippen LogP contribution is 2.32. The zero-order valence-corrected chi connectivity index (χ0v) is 20.9. The standard InChI is InChI=1S/C27H28FN7O2/c1-15(2)19-12-31-24(17-4-6-18(28)7-5-17)34-25(19)33-21-8-9-30-26-22(21)20(13-32-26)23(36)27(37)35-11-10-29-16(3)14-35/h4-9,12-13,15-16,29H,10-11,14H2,1-3H3,(H2,30,31,32,33,34). The number of anilines is 2. The lowest BCUT2D eigenvalue weighted by Gasteiger charge is -2.31. The quantitative estimate of drug-likeness (QED) is 0.270. The minimum absolute atomic E-state index is 0.103. The molecule has 1 amide bonds. The van der Waals surface area contributed by atoms with Gasteiger partial charge in [0, 0.05) is 55.4 Å². The van der Waals surface area contributed by atoms with Crippen LogP contribution in [0.3, 0.4) is 0 Å². The van der Waals surface area contributed by atoms with Crippen LogP contribution in [0.25, 0.3) is 22.4 Å². The molecule has 1 fully saturated rings. The van der Waals surface area contributed by atoms with Crippen LogP contribution >= 0.6 is 0 Å². The molecule has 3 N–H and O–H groups in total. The molecule has 37 heavy (non-hydrogen) atoms. The van der Waals surface area contributed by atoms with Crippen molar-refractivity contribution in [2.75, 3.05) is 25.0 Å². The second-order valence-electron chi connectivity index (χ2n) is 9.50. The molecule has 1 saturated heterocycles. The second-order valence-corrected chi connectivity index (χ2v) is 9.50.